The van der Waals surface area contributed by atoms with Crippen molar-refractivity contribution in [2.24, 2.45) is 0 Å². The predicted molar refractivity (Wildman–Crippen MR) is 81.2 cm³/mol. The highest BCUT2D eigenvalue weighted by atomic mass is 79.9. The van der Waals surface area contributed by atoms with Crippen molar-refractivity contribution in [2.75, 3.05) is 5.73 Å². The number of hydrogen-bond donors (Lipinski definition) is 1. The maximum atomic E-state index is 11.0. The first-order chi connectivity index (χ1) is 9.08. The summed E-state index contributed by atoms with van der Waals surface area (Å²) in [7, 11) is 0. The van der Waals surface area contributed by atoms with Crippen LogP contribution in [-0.2, 0) is 5.75 Å². The Morgan fingerprint density at radius 3 is 2.68 bits per heavy atom. The standard InChI is InChI=1S/C13H11BrN2O2S/c14-10-6-5-9(12(7-10)16(17)18)8-19-13-4-2-1-3-11(13)15/h1-7H,8,15H2. The van der Waals surface area contributed by atoms with E-state index >= 15 is 0 Å². The second kappa shape index (κ2) is 6.08. The van der Waals surface area contributed by atoms with Crippen LogP contribution in [0.15, 0.2) is 51.8 Å². The molecule has 2 aromatic carbocycles. The number of nitrogen functional groups attached to an aromatic ring is 1. The largest absolute Gasteiger partial charge is 0.398 e. The average Bonchev–Trinajstić information content (AvgIpc) is 2.38. The van der Waals surface area contributed by atoms with Gasteiger partial charge in [-0.05, 0) is 18.2 Å². The molecule has 4 nitrogen and oxygen atoms in total. The van der Waals surface area contributed by atoms with Gasteiger partial charge in [0.05, 0.1) is 4.92 Å². The number of benzene rings is 2. The fourth-order valence-corrected chi connectivity index (χ4v) is 2.91. The van der Waals surface area contributed by atoms with Gasteiger partial charge in [0.2, 0.25) is 0 Å². The van der Waals surface area contributed by atoms with Crippen molar-refractivity contribution in [2.45, 2.75) is 10.6 Å². The molecule has 0 unspecified atom stereocenters. The number of nitro benzene ring substituents is 1. The van der Waals surface area contributed by atoms with E-state index in [1.807, 2.05) is 24.3 Å². The summed E-state index contributed by atoms with van der Waals surface area (Å²) in [6.45, 7) is 0. The molecular weight excluding hydrogens is 328 g/mol. The molecule has 0 fully saturated rings. The minimum absolute atomic E-state index is 0.122. The number of halogens is 1. The van der Waals surface area contributed by atoms with Gasteiger partial charge in [-0.3, -0.25) is 10.1 Å². The molecule has 2 aromatic rings. The first kappa shape index (κ1) is 13.9. The SMILES string of the molecule is Nc1ccccc1SCc1ccc(Br)cc1[N+](=O)[O-]. The summed E-state index contributed by atoms with van der Waals surface area (Å²) in [4.78, 5) is 11.6. The maximum absolute atomic E-state index is 11.0. The van der Waals surface area contributed by atoms with Crippen molar-refractivity contribution in [1.29, 1.82) is 0 Å². The van der Waals surface area contributed by atoms with Crippen LogP contribution in [0.4, 0.5) is 11.4 Å². The second-order valence-electron chi connectivity index (χ2n) is 3.86. The molecule has 0 atom stereocenters. The number of thioether (sulfide) groups is 1. The first-order valence-corrected chi connectivity index (χ1v) is 7.26. The van der Waals surface area contributed by atoms with E-state index in [1.165, 1.54) is 17.8 Å². The molecule has 0 saturated carbocycles. The maximum Gasteiger partial charge on any atom is 0.274 e. The van der Waals surface area contributed by atoms with Gasteiger partial charge in [0, 0.05) is 32.4 Å². The number of hydrogen-bond acceptors (Lipinski definition) is 4. The van der Waals surface area contributed by atoms with E-state index in [2.05, 4.69) is 15.9 Å². The Bertz CT molecular complexity index is 619. The second-order valence-corrected chi connectivity index (χ2v) is 5.79. The van der Waals surface area contributed by atoms with Crippen molar-refractivity contribution in [3.8, 4) is 0 Å². The van der Waals surface area contributed by atoms with E-state index in [-0.39, 0.29) is 10.6 Å². The molecule has 0 spiro atoms. The Hall–Kier alpha value is -1.53. The van der Waals surface area contributed by atoms with Crippen LogP contribution in [0.1, 0.15) is 5.56 Å². The highest BCUT2D eigenvalue weighted by Gasteiger charge is 2.14. The van der Waals surface area contributed by atoms with E-state index in [0.717, 1.165) is 4.90 Å². The minimum Gasteiger partial charge on any atom is -0.398 e. The van der Waals surface area contributed by atoms with Crippen LogP contribution >= 0.6 is 27.7 Å². The van der Waals surface area contributed by atoms with Crippen LogP contribution in [-0.4, -0.2) is 4.92 Å². The highest BCUT2D eigenvalue weighted by Crippen LogP contribution is 2.32. The lowest BCUT2D eigenvalue weighted by Crippen LogP contribution is -1.95. The normalized spacial score (nSPS) is 10.4. The zero-order valence-electron chi connectivity index (χ0n) is 9.88. The fraction of sp³-hybridized carbons (Fsp3) is 0.0769. The summed E-state index contributed by atoms with van der Waals surface area (Å²) in [6.07, 6.45) is 0. The van der Waals surface area contributed by atoms with E-state index in [9.17, 15) is 10.1 Å². The van der Waals surface area contributed by atoms with Gasteiger partial charge in [0.25, 0.3) is 5.69 Å². The number of nitro groups is 1. The third kappa shape index (κ3) is 3.48. The number of nitrogens with two attached hydrogens (primary N) is 1. The monoisotopic (exact) mass is 338 g/mol. The first-order valence-electron chi connectivity index (χ1n) is 5.48. The lowest BCUT2D eigenvalue weighted by atomic mass is 10.2. The molecule has 2 N–H and O–H groups in total. The van der Waals surface area contributed by atoms with Crippen LogP contribution in [0.5, 0.6) is 0 Å². The average molecular weight is 339 g/mol. The topological polar surface area (TPSA) is 69.2 Å². The van der Waals surface area contributed by atoms with Gasteiger partial charge < -0.3 is 5.73 Å². The number of nitrogens with zero attached hydrogens (tertiary/aromatic N) is 1. The molecule has 19 heavy (non-hydrogen) atoms. The van der Waals surface area contributed by atoms with Gasteiger partial charge in [-0.15, -0.1) is 11.8 Å². The van der Waals surface area contributed by atoms with Gasteiger partial charge in [-0.1, -0.05) is 34.1 Å². The molecule has 6 heteroatoms. The van der Waals surface area contributed by atoms with Gasteiger partial charge >= 0.3 is 0 Å². The highest BCUT2D eigenvalue weighted by molar-refractivity contribution is 9.10. The van der Waals surface area contributed by atoms with Crippen molar-refractivity contribution in [1.82, 2.24) is 0 Å². The van der Waals surface area contributed by atoms with E-state index in [0.29, 0.717) is 21.5 Å². The Balaban J connectivity index is 2.20. The van der Waals surface area contributed by atoms with Crippen LogP contribution in [0.3, 0.4) is 0 Å². The van der Waals surface area contributed by atoms with Crippen molar-refractivity contribution in [3.05, 3.63) is 62.6 Å². The Morgan fingerprint density at radius 2 is 2.00 bits per heavy atom. The summed E-state index contributed by atoms with van der Waals surface area (Å²) in [6, 6.07) is 12.6. The molecule has 0 bridgehead atoms. The molecule has 0 radical (unpaired) electrons. The smallest absolute Gasteiger partial charge is 0.274 e. The van der Waals surface area contributed by atoms with E-state index in [1.54, 1.807) is 12.1 Å². The Morgan fingerprint density at radius 1 is 1.26 bits per heavy atom. The zero-order chi connectivity index (χ0) is 13.8. The third-order valence-corrected chi connectivity index (χ3v) is 4.18. The van der Waals surface area contributed by atoms with Gasteiger partial charge in [0.15, 0.2) is 0 Å². The van der Waals surface area contributed by atoms with Gasteiger partial charge in [-0.25, -0.2) is 0 Å². The molecule has 0 heterocycles. The molecule has 0 amide bonds. The zero-order valence-corrected chi connectivity index (χ0v) is 12.3. The molecule has 0 aliphatic carbocycles. The molecule has 0 aliphatic rings. The van der Waals surface area contributed by atoms with Gasteiger partial charge in [-0.2, -0.15) is 0 Å². The molecule has 0 saturated heterocycles. The molecule has 0 aromatic heterocycles. The molecule has 98 valence electrons. The fourth-order valence-electron chi connectivity index (χ4n) is 1.60. The number of rotatable bonds is 4. The summed E-state index contributed by atoms with van der Waals surface area (Å²) in [5, 5.41) is 11.0. The minimum atomic E-state index is -0.366. The third-order valence-electron chi connectivity index (χ3n) is 2.55. The molecule has 0 aliphatic heterocycles. The van der Waals surface area contributed by atoms with E-state index < -0.39 is 0 Å². The van der Waals surface area contributed by atoms with Crippen LogP contribution < -0.4 is 5.73 Å². The predicted octanol–water partition coefficient (Wildman–Crippen LogP) is 4.23. The summed E-state index contributed by atoms with van der Waals surface area (Å²) >= 11 is 4.73. The Labute approximate surface area is 123 Å². The van der Waals surface area contributed by atoms with Crippen molar-refractivity contribution >= 4 is 39.1 Å². The van der Waals surface area contributed by atoms with Crippen LogP contribution in [0.2, 0.25) is 0 Å². The number of para-hydroxylation sites is 1. The summed E-state index contributed by atoms with van der Waals surface area (Å²) < 4.78 is 0.701. The lowest BCUT2D eigenvalue weighted by molar-refractivity contribution is -0.385. The van der Waals surface area contributed by atoms with E-state index in [4.69, 9.17) is 5.73 Å². The van der Waals surface area contributed by atoms with Crippen LogP contribution in [0, 0.1) is 10.1 Å². The van der Waals surface area contributed by atoms with Crippen LogP contribution in [0.25, 0.3) is 0 Å². The lowest BCUT2D eigenvalue weighted by Gasteiger charge is -2.06. The van der Waals surface area contributed by atoms with Gasteiger partial charge in [0.1, 0.15) is 0 Å². The van der Waals surface area contributed by atoms with Crippen molar-refractivity contribution < 1.29 is 4.92 Å². The molecular formula is C13H11BrN2O2S. The number of anilines is 1. The quantitative estimate of drug-likeness (QED) is 0.392. The Kier molecular flexibility index (Phi) is 4.44. The summed E-state index contributed by atoms with van der Waals surface area (Å²) in [5.41, 5.74) is 7.34. The summed E-state index contributed by atoms with van der Waals surface area (Å²) in [5.74, 6) is 0.512. The van der Waals surface area contributed by atoms with Crippen molar-refractivity contribution in [3.63, 3.8) is 0 Å². The molecule has 2 rings (SSSR count).